The Labute approximate surface area is 104 Å². The molecule has 94 valence electrons. The van der Waals surface area contributed by atoms with Crippen molar-refractivity contribution in [2.45, 2.75) is 52.6 Å². The normalized spacial score (nSPS) is 11.3. The number of esters is 1. The molecule has 0 saturated heterocycles. The van der Waals surface area contributed by atoms with Gasteiger partial charge in [0.25, 0.3) is 0 Å². The number of hydrogen-bond acceptors (Lipinski definition) is 2. The van der Waals surface area contributed by atoms with Crippen molar-refractivity contribution in [3.8, 4) is 0 Å². The van der Waals surface area contributed by atoms with Crippen LogP contribution in [0.5, 0.6) is 0 Å². The van der Waals surface area contributed by atoms with Crippen LogP contribution in [0, 0.1) is 0 Å². The Morgan fingerprint density at radius 1 is 1.18 bits per heavy atom. The molecule has 1 rings (SSSR count). The van der Waals surface area contributed by atoms with Gasteiger partial charge >= 0.3 is 5.97 Å². The van der Waals surface area contributed by atoms with Gasteiger partial charge < -0.3 is 4.74 Å². The van der Waals surface area contributed by atoms with E-state index >= 15 is 0 Å². The SMILES string of the molecule is CCc1ccccc1CCC(=O)OC(C)(C)C. The Morgan fingerprint density at radius 2 is 1.76 bits per heavy atom. The average Bonchev–Trinajstić information content (AvgIpc) is 2.24. The van der Waals surface area contributed by atoms with E-state index in [-0.39, 0.29) is 11.6 Å². The highest BCUT2D eigenvalue weighted by atomic mass is 16.6. The maximum Gasteiger partial charge on any atom is 0.306 e. The van der Waals surface area contributed by atoms with Gasteiger partial charge in [-0.05, 0) is 44.7 Å². The van der Waals surface area contributed by atoms with Gasteiger partial charge in [-0.2, -0.15) is 0 Å². The van der Waals surface area contributed by atoms with Crippen LogP contribution in [0.15, 0.2) is 24.3 Å². The van der Waals surface area contributed by atoms with E-state index < -0.39 is 0 Å². The molecule has 0 aliphatic carbocycles. The Hall–Kier alpha value is -1.31. The zero-order valence-electron chi connectivity index (χ0n) is 11.2. The van der Waals surface area contributed by atoms with Gasteiger partial charge in [0.05, 0.1) is 0 Å². The number of carbonyl (C=O) groups is 1. The van der Waals surface area contributed by atoms with E-state index in [0.29, 0.717) is 6.42 Å². The fourth-order valence-corrected chi connectivity index (χ4v) is 1.78. The third kappa shape index (κ3) is 5.03. The summed E-state index contributed by atoms with van der Waals surface area (Å²) in [6, 6.07) is 8.26. The van der Waals surface area contributed by atoms with E-state index in [0.717, 1.165) is 12.8 Å². The molecule has 0 N–H and O–H groups in total. The van der Waals surface area contributed by atoms with Crippen LogP contribution in [0.4, 0.5) is 0 Å². The summed E-state index contributed by atoms with van der Waals surface area (Å²) in [5.41, 5.74) is 2.18. The van der Waals surface area contributed by atoms with Crippen molar-refractivity contribution in [2.24, 2.45) is 0 Å². The highest BCUT2D eigenvalue weighted by Gasteiger charge is 2.16. The van der Waals surface area contributed by atoms with Gasteiger partial charge in [0.15, 0.2) is 0 Å². The first-order chi connectivity index (χ1) is 7.92. The smallest absolute Gasteiger partial charge is 0.306 e. The lowest BCUT2D eigenvalue weighted by molar-refractivity contribution is -0.154. The molecule has 0 amide bonds. The van der Waals surface area contributed by atoms with Crippen molar-refractivity contribution in [1.29, 1.82) is 0 Å². The number of benzene rings is 1. The first kappa shape index (κ1) is 13.8. The van der Waals surface area contributed by atoms with Gasteiger partial charge in [0.2, 0.25) is 0 Å². The van der Waals surface area contributed by atoms with E-state index in [1.54, 1.807) is 0 Å². The molecule has 17 heavy (non-hydrogen) atoms. The third-order valence-corrected chi connectivity index (χ3v) is 2.52. The topological polar surface area (TPSA) is 26.3 Å². The maximum atomic E-state index is 11.6. The van der Waals surface area contributed by atoms with E-state index in [1.807, 2.05) is 32.9 Å². The monoisotopic (exact) mass is 234 g/mol. The summed E-state index contributed by atoms with van der Waals surface area (Å²) >= 11 is 0. The second kappa shape index (κ2) is 5.85. The molecule has 2 nitrogen and oxygen atoms in total. The van der Waals surface area contributed by atoms with Gasteiger partial charge in [-0.3, -0.25) is 4.79 Å². The second-order valence-electron chi connectivity index (χ2n) is 5.21. The van der Waals surface area contributed by atoms with Crippen LogP contribution in [0.3, 0.4) is 0 Å². The minimum Gasteiger partial charge on any atom is -0.460 e. The molecule has 0 aromatic heterocycles. The minimum absolute atomic E-state index is 0.122. The number of carbonyl (C=O) groups excluding carboxylic acids is 1. The number of rotatable bonds is 4. The van der Waals surface area contributed by atoms with Crippen LogP contribution in [0.2, 0.25) is 0 Å². The summed E-state index contributed by atoms with van der Waals surface area (Å²) in [6.07, 6.45) is 2.22. The minimum atomic E-state index is -0.388. The summed E-state index contributed by atoms with van der Waals surface area (Å²) in [5, 5.41) is 0. The molecule has 0 atom stereocenters. The van der Waals surface area contributed by atoms with Crippen molar-refractivity contribution in [1.82, 2.24) is 0 Å². The predicted octanol–water partition coefficient (Wildman–Crippen LogP) is 3.52. The fraction of sp³-hybridized carbons (Fsp3) is 0.533. The molecule has 1 aromatic rings. The lowest BCUT2D eigenvalue weighted by Crippen LogP contribution is -2.24. The van der Waals surface area contributed by atoms with Crippen LogP contribution in [-0.2, 0) is 22.4 Å². The highest BCUT2D eigenvalue weighted by Crippen LogP contribution is 2.14. The van der Waals surface area contributed by atoms with Crippen LogP contribution in [0.25, 0.3) is 0 Å². The van der Waals surface area contributed by atoms with Crippen molar-refractivity contribution in [3.05, 3.63) is 35.4 Å². The van der Waals surface area contributed by atoms with Crippen molar-refractivity contribution in [3.63, 3.8) is 0 Å². The fourth-order valence-electron chi connectivity index (χ4n) is 1.78. The predicted molar refractivity (Wildman–Crippen MR) is 70.0 cm³/mol. The second-order valence-corrected chi connectivity index (χ2v) is 5.21. The molecular formula is C15H22O2. The van der Waals surface area contributed by atoms with Crippen molar-refractivity contribution >= 4 is 5.97 Å². The van der Waals surface area contributed by atoms with E-state index in [2.05, 4.69) is 19.1 Å². The van der Waals surface area contributed by atoms with E-state index in [9.17, 15) is 4.79 Å². The quantitative estimate of drug-likeness (QED) is 0.745. The molecule has 0 spiro atoms. The van der Waals surface area contributed by atoms with Crippen molar-refractivity contribution in [2.75, 3.05) is 0 Å². The van der Waals surface area contributed by atoms with Gasteiger partial charge in [-0.1, -0.05) is 31.2 Å². The molecule has 0 saturated carbocycles. The van der Waals surface area contributed by atoms with Crippen molar-refractivity contribution < 1.29 is 9.53 Å². The summed E-state index contributed by atoms with van der Waals surface area (Å²) in [7, 11) is 0. The van der Waals surface area contributed by atoms with Crippen LogP contribution >= 0.6 is 0 Å². The Bertz CT molecular complexity index is 375. The third-order valence-electron chi connectivity index (χ3n) is 2.52. The van der Waals surface area contributed by atoms with Crippen LogP contribution in [0.1, 0.15) is 45.2 Å². The lowest BCUT2D eigenvalue weighted by Gasteiger charge is -2.19. The molecule has 0 fully saturated rings. The first-order valence-electron chi connectivity index (χ1n) is 6.21. The molecule has 0 radical (unpaired) electrons. The molecule has 0 aliphatic heterocycles. The average molecular weight is 234 g/mol. The highest BCUT2D eigenvalue weighted by molar-refractivity contribution is 5.70. The number of hydrogen-bond donors (Lipinski definition) is 0. The van der Waals surface area contributed by atoms with Gasteiger partial charge in [-0.15, -0.1) is 0 Å². The molecule has 0 unspecified atom stereocenters. The Balaban J connectivity index is 2.53. The summed E-state index contributed by atoms with van der Waals surface area (Å²) in [6.45, 7) is 7.81. The first-order valence-corrected chi connectivity index (χ1v) is 6.21. The summed E-state index contributed by atoms with van der Waals surface area (Å²) in [5.74, 6) is -0.122. The maximum absolute atomic E-state index is 11.6. The molecule has 1 aromatic carbocycles. The summed E-state index contributed by atoms with van der Waals surface area (Å²) < 4.78 is 5.29. The summed E-state index contributed by atoms with van der Waals surface area (Å²) in [4.78, 5) is 11.6. The van der Waals surface area contributed by atoms with E-state index in [1.165, 1.54) is 11.1 Å². The van der Waals surface area contributed by atoms with Gasteiger partial charge in [-0.25, -0.2) is 0 Å². The zero-order valence-corrected chi connectivity index (χ0v) is 11.2. The molecule has 0 heterocycles. The van der Waals surface area contributed by atoms with Crippen LogP contribution in [-0.4, -0.2) is 11.6 Å². The van der Waals surface area contributed by atoms with E-state index in [4.69, 9.17) is 4.74 Å². The van der Waals surface area contributed by atoms with Gasteiger partial charge in [0, 0.05) is 6.42 Å². The van der Waals surface area contributed by atoms with Gasteiger partial charge in [0.1, 0.15) is 5.60 Å². The standard InChI is InChI=1S/C15H22O2/c1-5-12-8-6-7-9-13(12)10-11-14(16)17-15(2,3)4/h6-9H,5,10-11H2,1-4H3. The molecule has 0 bridgehead atoms. The lowest BCUT2D eigenvalue weighted by atomic mass is 10.0. The molecule has 2 heteroatoms. The number of ether oxygens (including phenoxy) is 1. The zero-order chi connectivity index (χ0) is 12.9. The van der Waals surface area contributed by atoms with Crippen LogP contribution < -0.4 is 0 Å². The largest absolute Gasteiger partial charge is 0.460 e. The molecular weight excluding hydrogens is 212 g/mol. The Kier molecular flexibility index (Phi) is 4.73. The molecule has 0 aliphatic rings. The Morgan fingerprint density at radius 3 is 2.29 bits per heavy atom. The number of aryl methyl sites for hydroxylation is 2.